The van der Waals surface area contributed by atoms with Crippen molar-refractivity contribution in [3.63, 3.8) is 0 Å². The highest BCUT2D eigenvalue weighted by molar-refractivity contribution is 6.31. The summed E-state index contributed by atoms with van der Waals surface area (Å²) in [6, 6.07) is 3.30. The molecule has 0 saturated carbocycles. The van der Waals surface area contributed by atoms with Gasteiger partial charge in [-0.3, -0.25) is 14.5 Å². The van der Waals surface area contributed by atoms with Gasteiger partial charge in [0.25, 0.3) is 0 Å². The van der Waals surface area contributed by atoms with Gasteiger partial charge in [0, 0.05) is 24.2 Å². The van der Waals surface area contributed by atoms with E-state index in [0.29, 0.717) is 16.4 Å². The molecule has 0 aromatic carbocycles. The minimum absolute atomic E-state index is 0.0138. The smallest absolute Gasteiger partial charge is 0.328 e. The van der Waals surface area contributed by atoms with E-state index in [1.807, 2.05) is 0 Å². The van der Waals surface area contributed by atoms with Crippen LogP contribution in [0.15, 0.2) is 30.7 Å². The molecule has 2 aromatic rings. The second kappa shape index (κ2) is 5.50. The Morgan fingerprint density at radius 3 is 3.00 bits per heavy atom. The number of esters is 1. The summed E-state index contributed by atoms with van der Waals surface area (Å²) < 4.78 is 6.48. The molecule has 2 heterocycles. The van der Waals surface area contributed by atoms with Crippen molar-refractivity contribution in [3.05, 3.63) is 41.3 Å². The van der Waals surface area contributed by atoms with Gasteiger partial charge in [0.15, 0.2) is 0 Å². The molecule has 2 rings (SSSR count). The van der Waals surface area contributed by atoms with Gasteiger partial charge in [-0.2, -0.15) is 5.10 Å². The van der Waals surface area contributed by atoms with Gasteiger partial charge < -0.3 is 10.5 Å². The zero-order valence-corrected chi connectivity index (χ0v) is 10.2. The van der Waals surface area contributed by atoms with Crippen LogP contribution in [0.2, 0.25) is 5.02 Å². The molecular weight excluding hydrogens is 256 g/mol. The number of carbonyl (C=O) groups is 1. The summed E-state index contributed by atoms with van der Waals surface area (Å²) >= 11 is 5.88. The molecule has 0 aliphatic heterocycles. The number of anilines is 1. The van der Waals surface area contributed by atoms with Gasteiger partial charge >= 0.3 is 5.97 Å². The number of ether oxygens (including phenoxy) is 1. The lowest BCUT2D eigenvalue weighted by atomic mass is 10.3. The lowest BCUT2D eigenvalue weighted by Crippen LogP contribution is -2.14. The number of nitrogens with two attached hydrogens (primary N) is 1. The highest BCUT2D eigenvalue weighted by Gasteiger charge is 2.07. The topological polar surface area (TPSA) is 83.0 Å². The van der Waals surface area contributed by atoms with Crippen LogP contribution in [-0.4, -0.2) is 20.7 Å². The fraction of sp³-hybridized carbons (Fsp3) is 0.182. The summed E-state index contributed by atoms with van der Waals surface area (Å²) in [4.78, 5) is 15.4. The van der Waals surface area contributed by atoms with Crippen molar-refractivity contribution in [2.45, 2.75) is 13.2 Å². The first-order chi connectivity index (χ1) is 8.65. The van der Waals surface area contributed by atoms with Gasteiger partial charge in [0.2, 0.25) is 0 Å². The molecule has 0 aliphatic rings. The Kier molecular flexibility index (Phi) is 3.78. The number of hydrogen-bond acceptors (Lipinski definition) is 5. The molecule has 0 bridgehead atoms. The first-order valence-electron chi connectivity index (χ1n) is 5.18. The van der Waals surface area contributed by atoms with Gasteiger partial charge in [-0.1, -0.05) is 11.6 Å². The minimum Gasteiger partial charge on any atom is -0.459 e. The Morgan fingerprint density at radius 2 is 2.33 bits per heavy atom. The van der Waals surface area contributed by atoms with Gasteiger partial charge in [0.05, 0.1) is 5.02 Å². The van der Waals surface area contributed by atoms with Crippen LogP contribution < -0.4 is 5.73 Å². The average Bonchev–Trinajstić information content (AvgIpc) is 2.74. The highest BCUT2D eigenvalue weighted by Crippen LogP contribution is 2.14. The molecule has 0 saturated heterocycles. The number of pyridine rings is 1. The molecule has 0 fully saturated rings. The molecule has 0 spiro atoms. The number of rotatable bonds is 4. The van der Waals surface area contributed by atoms with E-state index in [-0.39, 0.29) is 13.2 Å². The van der Waals surface area contributed by atoms with E-state index in [1.165, 1.54) is 10.9 Å². The number of halogens is 1. The van der Waals surface area contributed by atoms with E-state index in [4.69, 9.17) is 22.1 Å². The zero-order valence-electron chi connectivity index (χ0n) is 9.41. The van der Waals surface area contributed by atoms with E-state index in [1.54, 1.807) is 24.5 Å². The Labute approximate surface area is 108 Å². The van der Waals surface area contributed by atoms with Crippen molar-refractivity contribution in [2.24, 2.45) is 0 Å². The fourth-order valence-electron chi connectivity index (χ4n) is 1.32. The monoisotopic (exact) mass is 266 g/mol. The van der Waals surface area contributed by atoms with Crippen LogP contribution >= 0.6 is 11.6 Å². The van der Waals surface area contributed by atoms with Crippen molar-refractivity contribution in [1.29, 1.82) is 0 Å². The molecule has 18 heavy (non-hydrogen) atoms. The number of aromatic nitrogens is 3. The molecule has 0 aliphatic carbocycles. The number of nitrogen functional groups attached to an aromatic ring is 1. The Balaban J connectivity index is 1.87. The van der Waals surface area contributed by atoms with Gasteiger partial charge in [-0.05, 0) is 12.1 Å². The summed E-state index contributed by atoms with van der Waals surface area (Å²) in [6.07, 6.45) is 4.69. The Bertz CT molecular complexity index is 555. The van der Waals surface area contributed by atoms with E-state index >= 15 is 0 Å². The summed E-state index contributed by atoms with van der Waals surface area (Å²) in [7, 11) is 0. The Morgan fingerprint density at radius 1 is 1.50 bits per heavy atom. The van der Waals surface area contributed by atoms with E-state index in [0.717, 1.165) is 0 Å². The van der Waals surface area contributed by atoms with E-state index in [9.17, 15) is 4.79 Å². The van der Waals surface area contributed by atoms with Gasteiger partial charge in [-0.25, -0.2) is 0 Å². The summed E-state index contributed by atoms with van der Waals surface area (Å²) in [5.41, 5.74) is 6.14. The molecule has 0 radical (unpaired) electrons. The largest absolute Gasteiger partial charge is 0.459 e. The van der Waals surface area contributed by atoms with Gasteiger partial charge in [0.1, 0.15) is 19.0 Å². The number of nitrogens with zero attached hydrogens (tertiary/aromatic N) is 3. The average molecular weight is 267 g/mol. The second-order valence-corrected chi connectivity index (χ2v) is 3.97. The number of hydrogen-bond donors (Lipinski definition) is 1. The zero-order chi connectivity index (χ0) is 13.0. The van der Waals surface area contributed by atoms with Gasteiger partial charge in [-0.15, -0.1) is 0 Å². The quantitative estimate of drug-likeness (QED) is 0.842. The lowest BCUT2D eigenvalue weighted by molar-refractivity contribution is -0.145. The van der Waals surface area contributed by atoms with Crippen LogP contribution in [0, 0.1) is 0 Å². The normalized spacial score (nSPS) is 10.3. The molecular formula is C11H11ClN4O2. The van der Waals surface area contributed by atoms with Crippen molar-refractivity contribution in [1.82, 2.24) is 14.8 Å². The van der Waals surface area contributed by atoms with Crippen molar-refractivity contribution < 1.29 is 9.53 Å². The molecule has 0 atom stereocenters. The molecule has 6 nitrogen and oxygen atoms in total. The maximum Gasteiger partial charge on any atom is 0.328 e. The summed E-state index contributed by atoms with van der Waals surface area (Å²) in [5.74, 6) is -0.0500. The van der Waals surface area contributed by atoms with Crippen LogP contribution in [0.25, 0.3) is 0 Å². The van der Waals surface area contributed by atoms with Crippen LogP contribution in [0.5, 0.6) is 0 Å². The first kappa shape index (κ1) is 12.4. The van der Waals surface area contributed by atoms with E-state index in [2.05, 4.69) is 10.1 Å². The maximum atomic E-state index is 11.5. The fourth-order valence-corrected chi connectivity index (χ4v) is 1.50. The van der Waals surface area contributed by atoms with Crippen molar-refractivity contribution >= 4 is 23.4 Å². The highest BCUT2D eigenvalue weighted by atomic mass is 35.5. The Hall–Kier alpha value is -2.08. The molecule has 0 unspecified atom stereocenters. The standard InChI is InChI=1S/C11H11ClN4O2/c12-9-5-14-3-1-8(9)7-18-11(17)6-16-4-2-10(13)15-16/h1-5H,6-7H2,(H2,13,15). The summed E-state index contributed by atoms with van der Waals surface area (Å²) in [5, 5.41) is 4.35. The lowest BCUT2D eigenvalue weighted by Gasteiger charge is -2.06. The third-order valence-corrected chi connectivity index (χ3v) is 2.54. The molecule has 2 N–H and O–H groups in total. The molecule has 2 aromatic heterocycles. The van der Waals surface area contributed by atoms with Crippen LogP contribution in [0.3, 0.4) is 0 Å². The third-order valence-electron chi connectivity index (χ3n) is 2.20. The predicted octanol–water partition coefficient (Wildman–Crippen LogP) is 1.26. The van der Waals surface area contributed by atoms with Crippen LogP contribution in [0.4, 0.5) is 5.82 Å². The number of carbonyl (C=O) groups excluding carboxylic acids is 1. The first-order valence-corrected chi connectivity index (χ1v) is 5.56. The second-order valence-electron chi connectivity index (χ2n) is 3.57. The third kappa shape index (κ3) is 3.21. The maximum absolute atomic E-state index is 11.5. The molecule has 94 valence electrons. The molecule has 7 heteroatoms. The van der Waals surface area contributed by atoms with Crippen molar-refractivity contribution in [3.8, 4) is 0 Å². The van der Waals surface area contributed by atoms with Crippen LogP contribution in [0.1, 0.15) is 5.56 Å². The predicted molar refractivity (Wildman–Crippen MR) is 65.7 cm³/mol. The van der Waals surface area contributed by atoms with E-state index < -0.39 is 5.97 Å². The SMILES string of the molecule is Nc1ccn(CC(=O)OCc2ccncc2Cl)n1. The summed E-state index contributed by atoms with van der Waals surface area (Å²) in [6.45, 7) is 0.122. The van der Waals surface area contributed by atoms with Crippen LogP contribution in [-0.2, 0) is 22.7 Å². The van der Waals surface area contributed by atoms with Crippen molar-refractivity contribution in [2.75, 3.05) is 5.73 Å². The molecule has 0 amide bonds. The minimum atomic E-state index is -0.411.